The van der Waals surface area contributed by atoms with Crippen molar-refractivity contribution in [1.29, 1.82) is 0 Å². The summed E-state index contributed by atoms with van der Waals surface area (Å²) >= 11 is 0. The first kappa shape index (κ1) is 18.0. The van der Waals surface area contributed by atoms with Crippen LogP contribution in [0.1, 0.15) is 42.6 Å². The Hall–Kier alpha value is -1.39. The fourth-order valence-electron chi connectivity index (χ4n) is 2.87. The summed E-state index contributed by atoms with van der Waals surface area (Å²) in [6, 6.07) is 5.91. The standard InChI is InChI=1S/C19H30N2O2/c1-4-6-13-23-19-8-7-16(3)14-17(19)18(22)15-21-11-9-20(5-2)10-12-21/h7-8,14H,4-6,9-13,15H2,1-3H3. The average Bonchev–Trinajstić information content (AvgIpc) is 2.57. The molecule has 1 aromatic carbocycles. The van der Waals surface area contributed by atoms with Crippen molar-refractivity contribution >= 4 is 5.78 Å². The highest BCUT2D eigenvalue weighted by Crippen LogP contribution is 2.21. The first-order valence-electron chi connectivity index (χ1n) is 8.85. The molecule has 0 N–H and O–H groups in total. The van der Waals surface area contributed by atoms with Crippen molar-refractivity contribution in [2.75, 3.05) is 45.9 Å². The summed E-state index contributed by atoms with van der Waals surface area (Å²) in [6.45, 7) is 12.7. The normalized spacial score (nSPS) is 16.5. The van der Waals surface area contributed by atoms with Gasteiger partial charge in [-0.25, -0.2) is 0 Å². The molecular formula is C19H30N2O2. The minimum absolute atomic E-state index is 0.171. The number of carbonyl (C=O) groups is 1. The highest BCUT2D eigenvalue weighted by molar-refractivity contribution is 6.00. The van der Waals surface area contributed by atoms with E-state index in [1.54, 1.807) is 0 Å². The summed E-state index contributed by atoms with van der Waals surface area (Å²) in [5.74, 6) is 0.909. The summed E-state index contributed by atoms with van der Waals surface area (Å²) in [6.07, 6.45) is 2.11. The van der Waals surface area contributed by atoms with E-state index in [1.807, 2.05) is 25.1 Å². The molecule has 0 bridgehead atoms. The van der Waals surface area contributed by atoms with Crippen LogP contribution in [0.3, 0.4) is 0 Å². The first-order valence-corrected chi connectivity index (χ1v) is 8.85. The van der Waals surface area contributed by atoms with Crippen LogP contribution in [0.2, 0.25) is 0 Å². The summed E-state index contributed by atoms with van der Waals surface area (Å²) in [7, 11) is 0. The zero-order chi connectivity index (χ0) is 16.7. The maximum absolute atomic E-state index is 12.7. The lowest BCUT2D eigenvalue weighted by Gasteiger charge is -2.33. The Balaban J connectivity index is 1.99. The Morgan fingerprint density at radius 3 is 2.48 bits per heavy atom. The number of likely N-dealkylation sites (N-methyl/N-ethyl adjacent to an activating group) is 1. The molecule has 0 radical (unpaired) electrons. The quantitative estimate of drug-likeness (QED) is 0.545. The molecular weight excluding hydrogens is 288 g/mol. The van der Waals surface area contributed by atoms with Crippen LogP contribution in [-0.2, 0) is 0 Å². The van der Waals surface area contributed by atoms with E-state index in [4.69, 9.17) is 4.74 Å². The second kappa shape index (κ2) is 9.04. The summed E-state index contributed by atoms with van der Waals surface area (Å²) in [5.41, 5.74) is 1.84. The number of aryl methyl sites for hydroxylation is 1. The van der Waals surface area contributed by atoms with Crippen LogP contribution < -0.4 is 4.74 Å². The Kier molecular flexibility index (Phi) is 7.06. The highest BCUT2D eigenvalue weighted by Gasteiger charge is 2.20. The van der Waals surface area contributed by atoms with E-state index < -0.39 is 0 Å². The molecule has 1 heterocycles. The first-order chi connectivity index (χ1) is 11.1. The monoisotopic (exact) mass is 318 g/mol. The molecule has 0 spiro atoms. The van der Waals surface area contributed by atoms with Crippen molar-refractivity contribution in [2.45, 2.75) is 33.6 Å². The fraction of sp³-hybridized carbons (Fsp3) is 0.632. The molecule has 1 aliphatic rings. The molecule has 1 aromatic rings. The van der Waals surface area contributed by atoms with Crippen LogP contribution >= 0.6 is 0 Å². The number of nitrogens with zero attached hydrogens (tertiary/aromatic N) is 2. The Labute approximate surface area is 140 Å². The molecule has 1 saturated heterocycles. The van der Waals surface area contributed by atoms with Crippen molar-refractivity contribution in [3.63, 3.8) is 0 Å². The van der Waals surface area contributed by atoms with Gasteiger partial charge in [0, 0.05) is 26.2 Å². The fourth-order valence-corrected chi connectivity index (χ4v) is 2.87. The molecule has 4 heteroatoms. The number of unbranched alkanes of at least 4 members (excludes halogenated alkanes) is 1. The van der Waals surface area contributed by atoms with Crippen molar-refractivity contribution in [3.05, 3.63) is 29.3 Å². The largest absolute Gasteiger partial charge is 0.493 e. The third-order valence-corrected chi connectivity index (χ3v) is 4.47. The Morgan fingerprint density at radius 1 is 1.13 bits per heavy atom. The van der Waals surface area contributed by atoms with Crippen LogP contribution in [0.4, 0.5) is 0 Å². The van der Waals surface area contributed by atoms with Gasteiger partial charge in [0.15, 0.2) is 5.78 Å². The lowest BCUT2D eigenvalue weighted by Crippen LogP contribution is -2.47. The van der Waals surface area contributed by atoms with Crippen molar-refractivity contribution in [1.82, 2.24) is 9.80 Å². The smallest absolute Gasteiger partial charge is 0.180 e. The van der Waals surface area contributed by atoms with Crippen LogP contribution in [0.15, 0.2) is 18.2 Å². The molecule has 23 heavy (non-hydrogen) atoms. The highest BCUT2D eigenvalue weighted by atomic mass is 16.5. The lowest BCUT2D eigenvalue weighted by atomic mass is 10.1. The Bertz CT molecular complexity index is 508. The van der Waals surface area contributed by atoms with Crippen LogP contribution in [0, 0.1) is 6.92 Å². The summed E-state index contributed by atoms with van der Waals surface area (Å²) in [4.78, 5) is 17.4. The van der Waals surface area contributed by atoms with Gasteiger partial charge in [-0.3, -0.25) is 9.69 Å². The predicted octanol–water partition coefficient (Wildman–Crippen LogP) is 2.99. The van der Waals surface area contributed by atoms with Crippen LogP contribution in [0.25, 0.3) is 0 Å². The maximum atomic E-state index is 12.7. The molecule has 0 atom stereocenters. The molecule has 128 valence electrons. The molecule has 4 nitrogen and oxygen atoms in total. The summed E-state index contributed by atoms with van der Waals surface area (Å²) < 4.78 is 5.83. The lowest BCUT2D eigenvalue weighted by molar-refractivity contribution is 0.0855. The van der Waals surface area contributed by atoms with Gasteiger partial charge in [0.1, 0.15) is 5.75 Å². The molecule has 2 rings (SSSR count). The minimum atomic E-state index is 0.171. The SMILES string of the molecule is CCCCOc1ccc(C)cc1C(=O)CN1CCN(CC)CC1. The van der Waals surface area contributed by atoms with Crippen molar-refractivity contribution < 1.29 is 9.53 Å². The number of hydrogen-bond donors (Lipinski definition) is 0. The minimum Gasteiger partial charge on any atom is -0.493 e. The van der Waals surface area contributed by atoms with Gasteiger partial charge in [-0.15, -0.1) is 0 Å². The van der Waals surface area contributed by atoms with Gasteiger partial charge in [0.25, 0.3) is 0 Å². The van der Waals surface area contributed by atoms with Gasteiger partial charge in [0.05, 0.1) is 18.7 Å². The summed E-state index contributed by atoms with van der Waals surface area (Å²) in [5, 5.41) is 0. The molecule has 0 aliphatic carbocycles. The Morgan fingerprint density at radius 2 is 1.83 bits per heavy atom. The number of piperazine rings is 1. The topological polar surface area (TPSA) is 32.8 Å². The number of ether oxygens (including phenoxy) is 1. The molecule has 1 fully saturated rings. The van der Waals surface area contributed by atoms with Gasteiger partial charge < -0.3 is 9.64 Å². The molecule has 1 aliphatic heterocycles. The third kappa shape index (κ3) is 5.33. The van der Waals surface area contributed by atoms with Crippen molar-refractivity contribution in [2.24, 2.45) is 0 Å². The maximum Gasteiger partial charge on any atom is 0.180 e. The van der Waals surface area contributed by atoms with E-state index in [9.17, 15) is 4.79 Å². The third-order valence-electron chi connectivity index (χ3n) is 4.47. The van der Waals surface area contributed by atoms with Gasteiger partial charge in [-0.2, -0.15) is 0 Å². The van der Waals surface area contributed by atoms with E-state index in [0.717, 1.165) is 62.4 Å². The number of carbonyl (C=O) groups excluding carboxylic acids is 1. The number of rotatable bonds is 8. The molecule has 0 saturated carbocycles. The van der Waals surface area contributed by atoms with Gasteiger partial charge in [-0.05, 0) is 32.0 Å². The second-order valence-corrected chi connectivity index (χ2v) is 6.34. The second-order valence-electron chi connectivity index (χ2n) is 6.34. The number of Topliss-reactive ketones (excluding diaryl/α,β-unsaturated/α-hetero) is 1. The van der Waals surface area contributed by atoms with E-state index in [0.29, 0.717) is 13.2 Å². The van der Waals surface area contributed by atoms with Crippen LogP contribution in [0.5, 0.6) is 5.75 Å². The zero-order valence-corrected chi connectivity index (χ0v) is 14.8. The number of ketones is 1. The van der Waals surface area contributed by atoms with Gasteiger partial charge in [0.2, 0.25) is 0 Å². The van der Waals surface area contributed by atoms with Crippen LogP contribution in [-0.4, -0.2) is 61.5 Å². The number of benzene rings is 1. The average molecular weight is 318 g/mol. The molecule has 0 unspecified atom stereocenters. The zero-order valence-electron chi connectivity index (χ0n) is 14.8. The van der Waals surface area contributed by atoms with E-state index in [-0.39, 0.29) is 5.78 Å². The van der Waals surface area contributed by atoms with E-state index in [1.165, 1.54) is 0 Å². The van der Waals surface area contributed by atoms with E-state index in [2.05, 4.69) is 23.6 Å². The van der Waals surface area contributed by atoms with Crippen molar-refractivity contribution in [3.8, 4) is 5.75 Å². The number of hydrogen-bond acceptors (Lipinski definition) is 4. The molecule has 0 amide bonds. The van der Waals surface area contributed by atoms with E-state index >= 15 is 0 Å². The van der Waals surface area contributed by atoms with Gasteiger partial charge in [-0.1, -0.05) is 31.9 Å². The van der Waals surface area contributed by atoms with Gasteiger partial charge >= 0.3 is 0 Å². The molecule has 0 aromatic heterocycles. The predicted molar refractivity (Wildman–Crippen MR) is 94.5 cm³/mol.